The molecule has 12 heteroatoms. The Balaban J connectivity index is 1.58. The van der Waals surface area contributed by atoms with Crippen molar-refractivity contribution in [1.29, 1.82) is 0 Å². The maximum Gasteiger partial charge on any atom is 0.493 e. The van der Waals surface area contributed by atoms with Crippen LogP contribution in [0.4, 0.5) is 13.2 Å². The van der Waals surface area contributed by atoms with E-state index < -0.39 is 36.4 Å². The van der Waals surface area contributed by atoms with Gasteiger partial charge in [-0.15, -0.1) is 0 Å². The van der Waals surface area contributed by atoms with Gasteiger partial charge >= 0.3 is 12.1 Å². The van der Waals surface area contributed by atoms with E-state index in [-0.39, 0.29) is 23.7 Å². The number of hydrogen-bond donors (Lipinski definition) is 2. The molecule has 4 rings (SSSR count). The highest BCUT2D eigenvalue weighted by Gasteiger charge is 2.45. The largest absolute Gasteiger partial charge is 0.493 e. The molecule has 0 aliphatic heterocycles. The second-order valence-corrected chi connectivity index (χ2v) is 9.34. The average molecular weight is 582 g/mol. The van der Waals surface area contributed by atoms with Gasteiger partial charge in [-0.25, -0.2) is 10.3 Å². The van der Waals surface area contributed by atoms with Crippen molar-refractivity contribution in [3.05, 3.63) is 107 Å². The normalized spacial score (nSPS) is 11.9. The number of para-hydroxylation sites is 1. The van der Waals surface area contributed by atoms with E-state index in [4.69, 9.17) is 9.94 Å². The molecule has 1 heterocycles. The zero-order chi connectivity index (χ0) is 30.3. The van der Waals surface area contributed by atoms with Crippen molar-refractivity contribution in [1.82, 2.24) is 15.5 Å². The molecule has 2 amide bonds. The number of benzene rings is 3. The molecule has 4 aromatic rings. The van der Waals surface area contributed by atoms with Crippen LogP contribution in [-0.2, 0) is 27.5 Å². The molecule has 0 fully saturated rings. The van der Waals surface area contributed by atoms with Crippen LogP contribution in [0.25, 0.3) is 10.9 Å². The zero-order valence-electron chi connectivity index (χ0n) is 22.3. The number of nitrogens with one attached hydrogen (secondary N) is 1. The van der Waals surface area contributed by atoms with Gasteiger partial charge in [0.05, 0.1) is 18.0 Å². The van der Waals surface area contributed by atoms with Crippen molar-refractivity contribution in [2.45, 2.75) is 38.6 Å². The highest BCUT2D eigenvalue weighted by molar-refractivity contribution is 5.95. The molecule has 0 saturated carbocycles. The van der Waals surface area contributed by atoms with Crippen LogP contribution in [0.5, 0.6) is 5.75 Å². The smallest absolute Gasteiger partial charge is 0.489 e. The lowest BCUT2D eigenvalue weighted by molar-refractivity contribution is -0.234. The first-order valence-electron chi connectivity index (χ1n) is 12.7. The van der Waals surface area contributed by atoms with Crippen LogP contribution in [0.3, 0.4) is 0 Å². The average Bonchev–Trinajstić information content (AvgIpc) is 2.98. The molecule has 42 heavy (non-hydrogen) atoms. The number of alkyl halides is 3. The first-order valence-corrected chi connectivity index (χ1v) is 12.7. The van der Waals surface area contributed by atoms with Crippen molar-refractivity contribution in [2.75, 3.05) is 0 Å². The molecular formula is C30H26F3N3O6. The van der Waals surface area contributed by atoms with Crippen LogP contribution < -0.4 is 10.2 Å². The van der Waals surface area contributed by atoms with Gasteiger partial charge in [0.25, 0.3) is 5.91 Å². The number of halogens is 3. The van der Waals surface area contributed by atoms with E-state index in [1.165, 1.54) is 29.7 Å². The minimum Gasteiger partial charge on any atom is -0.489 e. The number of ether oxygens (including phenoxy) is 1. The van der Waals surface area contributed by atoms with E-state index >= 15 is 0 Å². The number of carbonyl (C=O) groups excluding carboxylic acids is 3. The summed E-state index contributed by atoms with van der Waals surface area (Å²) in [6.45, 7) is 2.05. The van der Waals surface area contributed by atoms with Crippen molar-refractivity contribution in [3.8, 4) is 5.75 Å². The predicted octanol–water partition coefficient (Wildman–Crippen LogP) is 5.09. The second-order valence-electron chi connectivity index (χ2n) is 9.34. The number of aryl methyl sites for hydroxylation is 1. The molecular weight excluding hydrogens is 555 g/mol. The number of carbonyl (C=O) groups is 3. The Labute approximate surface area is 238 Å². The summed E-state index contributed by atoms with van der Waals surface area (Å²) in [5, 5.41) is 10.2. The maximum atomic E-state index is 13.4. The molecule has 1 unspecified atom stereocenters. The zero-order valence-corrected chi connectivity index (χ0v) is 22.3. The number of hydrogen-bond acceptors (Lipinski definition) is 7. The van der Waals surface area contributed by atoms with Gasteiger partial charge in [-0.05, 0) is 55.3 Å². The lowest BCUT2D eigenvalue weighted by Crippen LogP contribution is -2.47. The standard InChI is InChI=1S/C30H26F3N3O6/c1-19-15-22(25-9-5-6-10-26(25)34-19)18-41-24-13-11-21(12-14-24)28(38)36(42-29(39)30(31,32)33)23(17-27(37)35-40)16-20-7-3-2-4-8-20/h2-15,23,40H,16-18H2,1H3,(H,35,37). The summed E-state index contributed by atoms with van der Waals surface area (Å²) in [7, 11) is 0. The fourth-order valence-electron chi connectivity index (χ4n) is 4.30. The number of fused-ring (bicyclic) bond motifs is 1. The number of aromatic nitrogens is 1. The fourth-order valence-corrected chi connectivity index (χ4v) is 4.30. The summed E-state index contributed by atoms with van der Waals surface area (Å²) in [5.41, 5.74) is 4.29. The molecule has 0 aliphatic carbocycles. The minimum absolute atomic E-state index is 0.134. The summed E-state index contributed by atoms with van der Waals surface area (Å²) >= 11 is 0. The van der Waals surface area contributed by atoms with E-state index in [0.29, 0.717) is 11.3 Å². The van der Waals surface area contributed by atoms with Crippen LogP contribution in [-0.4, -0.2) is 45.3 Å². The summed E-state index contributed by atoms with van der Waals surface area (Å²) in [5.74, 6) is -4.39. The Morgan fingerprint density at radius 1 is 0.976 bits per heavy atom. The van der Waals surface area contributed by atoms with Gasteiger partial charge < -0.3 is 9.57 Å². The fraction of sp³-hybridized carbons (Fsp3) is 0.200. The molecule has 2 N–H and O–H groups in total. The van der Waals surface area contributed by atoms with Gasteiger partial charge in [-0.2, -0.15) is 18.2 Å². The third kappa shape index (κ3) is 7.61. The van der Waals surface area contributed by atoms with E-state index in [2.05, 4.69) is 9.82 Å². The van der Waals surface area contributed by atoms with Crippen LogP contribution in [0, 0.1) is 6.92 Å². The number of nitrogens with zero attached hydrogens (tertiary/aromatic N) is 2. The Morgan fingerprint density at radius 3 is 2.31 bits per heavy atom. The monoisotopic (exact) mass is 581 g/mol. The molecule has 1 aromatic heterocycles. The molecule has 3 aromatic carbocycles. The Morgan fingerprint density at radius 2 is 1.64 bits per heavy atom. The van der Waals surface area contributed by atoms with Crippen LogP contribution in [0.15, 0.2) is 84.9 Å². The summed E-state index contributed by atoms with van der Waals surface area (Å²) < 4.78 is 45.3. The highest BCUT2D eigenvalue weighted by atomic mass is 19.4. The molecule has 1 atom stereocenters. The molecule has 0 aliphatic rings. The van der Waals surface area contributed by atoms with E-state index in [9.17, 15) is 27.6 Å². The van der Waals surface area contributed by atoms with Gasteiger partial charge in [0.1, 0.15) is 12.4 Å². The van der Waals surface area contributed by atoms with Gasteiger partial charge in [0, 0.05) is 22.2 Å². The van der Waals surface area contributed by atoms with Gasteiger partial charge in [-0.1, -0.05) is 48.5 Å². The topological polar surface area (TPSA) is 118 Å². The van der Waals surface area contributed by atoms with E-state index in [0.717, 1.165) is 22.2 Å². The van der Waals surface area contributed by atoms with Crippen LogP contribution in [0.2, 0.25) is 0 Å². The molecule has 0 bridgehead atoms. The third-order valence-corrected chi connectivity index (χ3v) is 6.23. The molecule has 0 saturated heterocycles. The molecule has 0 spiro atoms. The number of pyridine rings is 1. The maximum absolute atomic E-state index is 13.4. The van der Waals surface area contributed by atoms with Gasteiger partial charge in [0.2, 0.25) is 5.91 Å². The second kappa shape index (κ2) is 13.1. The summed E-state index contributed by atoms with van der Waals surface area (Å²) in [6, 6.07) is 21.8. The molecule has 9 nitrogen and oxygen atoms in total. The number of rotatable bonds is 9. The lowest BCUT2D eigenvalue weighted by Gasteiger charge is -2.30. The van der Waals surface area contributed by atoms with Crippen molar-refractivity contribution >= 4 is 28.7 Å². The molecule has 218 valence electrons. The Hall–Kier alpha value is -4.97. The van der Waals surface area contributed by atoms with Gasteiger partial charge in [0.15, 0.2) is 0 Å². The number of amides is 2. The Bertz CT molecular complexity index is 1560. The summed E-state index contributed by atoms with van der Waals surface area (Å²) in [6.07, 6.45) is -6.24. The first-order chi connectivity index (χ1) is 20.0. The third-order valence-electron chi connectivity index (χ3n) is 6.23. The first kappa shape index (κ1) is 30.0. The SMILES string of the molecule is Cc1cc(COc2ccc(C(=O)N(OC(=O)C(F)(F)F)C(CC(=O)NO)Cc3ccccc3)cc2)c2ccccc2n1. The summed E-state index contributed by atoms with van der Waals surface area (Å²) in [4.78, 5) is 46.2. The Kier molecular flexibility index (Phi) is 9.38. The van der Waals surface area contributed by atoms with Crippen LogP contribution in [0.1, 0.15) is 33.6 Å². The minimum atomic E-state index is -5.41. The van der Waals surface area contributed by atoms with Crippen molar-refractivity contribution in [2.24, 2.45) is 0 Å². The van der Waals surface area contributed by atoms with E-state index in [1.54, 1.807) is 30.3 Å². The van der Waals surface area contributed by atoms with Crippen molar-refractivity contribution < 1.29 is 42.3 Å². The highest BCUT2D eigenvalue weighted by Crippen LogP contribution is 2.24. The van der Waals surface area contributed by atoms with E-state index in [1.807, 2.05) is 37.3 Å². The van der Waals surface area contributed by atoms with Gasteiger partial charge in [-0.3, -0.25) is 19.8 Å². The lowest BCUT2D eigenvalue weighted by atomic mass is 10.0. The van der Waals surface area contributed by atoms with Crippen LogP contribution >= 0.6 is 0 Å². The predicted molar refractivity (Wildman–Crippen MR) is 144 cm³/mol. The molecule has 0 radical (unpaired) electrons. The quantitative estimate of drug-likeness (QED) is 0.209. The number of hydroxylamine groups is 3. The van der Waals surface area contributed by atoms with Crippen molar-refractivity contribution in [3.63, 3.8) is 0 Å².